The molecule has 0 spiro atoms. The van der Waals surface area contributed by atoms with Gasteiger partial charge in [0.15, 0.2) is 0 Å². The van der Waals surface area contributed by atoms with E-state index in [1.54, 1.807) is 0 Å². The van der Waals surface area contributed by atoms with Crippen LogP contribution in [0.15, 0.2) is 0 Å². The molecule has 0 aromatic carbocycles. The Labute approximate surface area is 106 Å². The Kier molecular flexibility index (Phi) is 5.57. The van der Waals surface area contributed by atoms with Crippen LogP contribution in [0.25, 0.3) is 0 Å². The van der Waals surface area contributed by atoms with E-state index in [0.29, 0.717) is 6.54 Å². The van der Waals surface area contributed by atoms with Crippen LogP contribution >= 0.6 is 0 Å². The quantitative estimate of drug-likeness (QED) is 0.539. The standard InChI is InChI=1S/C11H20N4O3/c1-8(16)14-6-11(18)15(7-10(12)17)9-3-2-4-13-5-9/h9,13H,2-7H2,1H3,(H2,12,17)(H,14,16). The minimum absolute atomic E-state index is 0.0347. The molecule has 0 aromatic heterocycles. The summed E-state index contributed by atoms with van der Waals surface area (Å²) in [4.78, 5) is 35.2. The van der Waals surface area contributed by atoms with Crippen LogP contribution < -0.4 is 16.4 Å². The van der Waals surface area contributed by atoms with Gasteiger partial charge in [-0.3, -0.25) is 14.4 Å². The molecular weight excluding hydrogens is 236 g/mol. The van der Waals surface area contributed by atoms with Gasteiger partial charge in [-0.05, 0) is 19.4 Å². The smallest absolute Gasteiger partial charge is 0.242 e. The third-order valence-electron chi connectivity index (χ3n) is 2.85. The molecule has 0 aliphatic carbocycles. The zero-order chi connectivity index (χ0) is 13.5. The zero-order valence-electron chi connectivity index (χ0n) is 10.6. The molecule has 1 heterocycles. The molecule has 1 rings (SSSR count). The molecule has 1 saturated heterocycles. The molecule has 4 N–H and O–H groups in total. The molecule has 1 fully saturated rings. The highest BCUT2D eigenvalue weighted by atomic mass is 16.2. The van der Waals surface area contributed by atoms with Crippen LogP contribution in [0.4, 0.5) is 0 Å². The van der Waals surface area contributed by atoms with E-state index in [-0.39, 0.29) is 30.9 Å². The van der Waals surface area contributed by atoms with E-state index in [1.807, 2.05) is 0 Å². The van der Waals surface area contributed by atoms with Gasteiger partial charge in [-0.25, -0.2) is 0 Å². The average molecular weight is 256 g/mol. The summed E-state index contributed by atoms with van der Waals surface area (Å²) >= 11 is 0. The van der Waals surface area contributed by atoms with E-state index >= 15 is 0 Å². The number of hydrogen-bond donors (Lipinski definition) is 3. The first-order valence-electron chi connectivity index (χ1n) is 6.03. The van der Waals surface area contributed by atoms with Gasteiger partial charge in [-0.2, -0.15) is 0 Å². The van der Waals surface area contributed by atoms with Gasteiger partial charge in [0.2, 0.25) is 17.7 Å². The van der Waals surface area contributed by atoms with Gasteiger partial charge in [-0.15, -0.1) is 0 Å². The summed E-state index contributed by atoms with van der Waals surface area (Å²) in [5.74, 6) is -1.10. The zero-order valence-corrected chi connectivity index (χ0v) is 10.6. The van der Waals surface area contributed by atoms with Gasteiger partial charge in [-0.1, -0.05) is 0 Å². The number of nitrogens with zero attached hydrogens (tertiary/aromatic N) is 1. The first-order valence-corrected chi connectivity index (χ1v) is 6.03. The molecule has 3 amide bonds. The summed E-state index contributed by atoms with van der Waals surface area (Å²) in [6, 6.07) is -0.0347. The Morgan fingerprint density at radius 1 is 1.44 bits per heavy atom. The first kappa shape index (κ1) is 14.4. The second kappa shape index (κ2) is 6.95. The monoisotopic (exact) mass is 256 g/mol. The number of rotatable bonds is 5. The Morgan fingerprint density at radius 2 is 2.17 bits per heavy atom. The Morgan fingerprint density at radius 3 is 2.67 bits per heavy atom. The molecule has 1 atom stereocenters. The number of hydrogen-bond acceptors (Lipinski definition) is 4. The molecule has 0 bridgehead atoms. The number of carbonyl (C=O) groups is 3. The summed E-state index contributed by atoms with van der Waals surface area (Å²) in [7, 11) is 0. The van der Waals surface area contributed by atoms with Gasteiger partial charge in [0.25, 0.3) is 0 Å². The summed E-state index contributed by atoms with van der Waals surface area (Å²) in [6.07, 6.45) is 1.79. The molecular formula is C11H20N4O3. The molecule has 0 aromatic rings. The molecule has 0 radical (unpaired) electrons. The van der Waals surface area contributed by atoms with Crippen molar-refractivity contribution >= 4 is 17.7 Å². The predicted molar refractivity (Wildman–Crippen MR) is 65.5 cm³/mol. The van der Waals surface area contributed by atoms with Gasteiger partial charge in [0.1, 0.15) is 0 Å². The molecule has 7 nitrogen and oxygen atoms in total. The predicted octanol–water partition coefficient (Wildman–Crippen LogP) is -1.81. The van der Waals surface area contributed by atoms with E-state index < -0.39 is 5.91 Å². The van der Waals surface area contributed by atoms with Crippen LogP contribution in [0, 0.1) is 0 Å². The van der Waals surface area contributed by atoms with Crippen molar-refractivity contribution in [1.29, 1.82) is 0 Å². The molecule has 18 heavy (non-hydrogen) atoms. The maximum Gasteiger partial charge on any atom is 0.242 e. The fraction of sp³-hybridized carbons (Fsp3) is 0.727. The van der Waals surface area contributed by atoms with E-state index in [2.05, 4.69) is 10.6 Å². The van der Waals surface area contributed by atoms with Crippen molar-refractivity contribution in [3.05, 3.63) is 0 Å². The summed E-state index contributed by atoms with van der Waals surface area (Å²) in [5, 5.41) is 5.61. The van der Waals surface area contributed by atoms with Crippen LogP contribution in [0.2, 0.25) is 0 Å². The topological polar surface area (TPSA) is 105 Å². The van der Waals surface area contributed by atoms with Crippen molar-refractivity contribution in [2.45, 2.75) is 25.8 Å². The highest BCUT2D eigenvalue weighted by molar-refractivity contribution is 5.87. The second-order valence-electron chi connectivity index (χ2n) is 4.40. The van der Waals surface area contributed by atoms with Crippen molar-refractivity contribution < 1.29 is 14.4 Å². The molecule has 1 aliphatic heterocycles. The van der Waals surface area contributed by atoms with Crippen LogP contribution in [-0.4, -0.2) is 54.8 Å². The number of carbonyl (C=O) groups excluding carboxylic acids is 3. The fourth-order valence-corrected chi connectivity index (χ4v) is 1.99. The molecule has 102 valence electrons. The fourth-order valence-electron chi connectivity index (χ4n) is 1.99. The van der Waals surface area contributed by atoms with E-state index in [1.165, 1.54) is 11.8 Å². The number of piperidine rings is 1. The largest absolute Gasteiger partial charge is 0.368 e. The van der Waals surface area contributed by atoms with Crippen molar-refractivity contribution in [2.75, 3.05) is 26.2 Å². The van der Waals surface area contributed by atoms with Gasteiger partial charge in [0, 0.05) is 19.5 Å². The van der Waals surface area contributed by atoms with Crippen LogP contribution in [-0.2, 0) is 14.4 Å². The van der Waals surface area contributed by atoms with Crippen LogP contribution in [0.5, 0.6) is 0 Å². The minimum atomic E-state index is -0.545. The summed E-state index contributed by atoms with van der Waals surface area (Å²) < 4.78 is 0. The summed E-state index contributed by atoms with van der Waals surface area (Å²) in [6.45, 7) is 2.71. The second-order valence-corrected chi connectivity index (χ2v) is 4.40. The molecule has 7 heteroatoms. The highest BCUT2D eigenvalue weighted by Gasteiger charge is 2.26. The molecule has 1 unspecified atom stereocenters. The normalized spacial score (nSPS) is 19.1. The van der Waals surface area contributed by atoms with E-state index in [0.717, 1.165) is 19.4 Å². The van der Waals surface area contributed by atoms with Crippen molar-refractivity contribution in [2.24, 2.45) is 5.73 Å². The maximum absolute atomic E-state index is 12.0. The average Bonchev–Trinajstić information content (AvgIpc) is 2.34. The lowest BCUT2D eigenvalue weighted by Gasteiger charge is -2.34. The molecule has 0 saturated carbocycles. The minimum Gasteiger partial charge on any atom is -0.368 e. The van der Waals surface area contributed by atoms with Gasteiger partial charge >= 0.3 is 0 Å². The van der Waals surface area contributed by atoms with Crippen molar-refractivity contribution in [1.82, 2.24) is 15.5 Å². The lowest BCUT2D eigenvalue weighted by Crippen LogP contribution is -2.53. The third-order valence-corrected chi connectivity index (χ3v) is 2.85. The highest BCUT2D eigenvalue weighted by Crippen LogP contribution is 2.10. The van der Waals surface area contributed by atoms with Gasteiger partial charge < -0.3 is 21.3 Å². The number of amides is 3. The maximum atomic E-state index is 12.0. The Hall–Kier alpha value is -1.63. The SMILES string of the molecule is CC(=O)NCC(=O)N(CC(N)=O)C1CCCNC1. The van der Waals surface area contributed by atoms with Crippen molar-refractivity contribution in [3.63, 3.8) is 0 Å². The Bertz CT molecular complexity index is 326. The lowest BCUT2D eigenvalue weighted by atomic mass is 10.1. The van der Waals surface area contributed by atoms with E-state index in [4.69, 9.17) is 5.73 Å². The number of nitrogens with one attached hydrogen (secondary N) is 2. The molecule has 1 aliphatic rings. The number of primary amides is 1. The summed E-state index contributed by atoms with van der Waals surface area (Å²) in [5.41, 5.74) is 5.15. The van der Waals surface area contributed by atoms with Crippen LogP contribution in [0.3, 0.4) is 0 Å². The lowest BCUT2D eigenvalue weighted by molar-refractivity contribution is -0.138. The number of nitrogens with two attached hydrogens (primary N) is 1. The Balaban J connectivity index is 2.60. The third kappa shape index (κ3) is 4.70. The van der Waals surface area contributed by atoms with E-state index in [9.17, 15) is 14.4 Å². The van der Waals surface area contributed by atoms with Crippen molar-refractivity contribution in [3.8, 4) is 0 Å². The van der Waals surface area contributed by atoms with Crippen LogP contribution in [0.1, 0.15) is 19.8 Å². The first-order chi connectivity index (χ1) is 8.50. The van der Waals surface area contributed by atoms with Gasteiger partial charge in [0.05, 0.1) is 13.1 Å².